The first kappa shape index (κ1) is 23.2. The standard InChI is InChI=1S/C24H35N3O5/c1-25-9-11-26(12-10-25)23(29)14-20-7-8-21-22(32-20)17-31-16-19(28)15-27(21)24(30)13-18-5-3-2-4-6-18/h2-6,19-22,28H,7-17H2,1H3/t19-,20-,21-,22+/m1/s1. The van der Waals surface area contributed by atoms with Gasteiger partial charge in [-0.15, -0.1) is 0 Å². The average Bonchev–Trinajstić information content (AvgIpc) is 2.78. The Bertz CT molecular complexity index is 768. The van der Waals surface area contributed by atoms with E-state index in [2.05, 4.69) is 11.9 Å². The van der Waals surface area contributed by atoms with Gasteiger partial charge >= 0.3 is 0 Å². The molecule has 3 heterocycles. The van der Waals surface area contributed by atoms with Gasteiger partial charge in [0.1, 0.15) is 6.10 Å². The first-order valence-corrected chi connectivity index (χ1v) is 11.7. The Balaban J connectivity index is 1.38. The molecule has 1 N–H and O–H groups in total. The minimum absolute atomic E-state index is 0.0114. The number of hydrogen-bond acceptors (Lipinski definition) is 6. The number of carbonyl (C=O) groups excluding carboxylic acids is 2. The third-order valence-electron chi connectivity index (χ3n) is 6.76. The Morgan fingerprint density at radius 3 is 2.53 bits per heavy atom. The van der Waals surface area contributed by atoms with Gasteiger partial charge in [-0.05, 0) is 25.5 Å². The van der Waals surface area contributed by atoms with Gasteiger partial charge in [0, 0.05) is 32.7 Å². The number of rotatable bonds is 4. The quantitative estimate of drug-likeness (QED) is 0.728. The molecule has 176 valence electrons. The summed E-state index contributed by atoms with van der Waals surface area (Å²) in [6.07, 6.45) is 0.945. The van der Waals surface area contributed by atoms with Crippen molar-refractivity contribution in [1.29, 1.82) is 0 Å². The molecule has 4 rings (SSSR count). The lowest BCUT2D eigenvalue weighted by Gasteiger charge is -2.44. The van der Waals surface area contributed by atoms with Crippen molar-refractivity contribution >= 4 is 11.8 Å². The molecule has 0 aliphatic carbocycles. The summed E-state index contributed by atoms with van der Waals surface area (Å²) in [5, 5.41) is 10.3. The monoisotopic (exact) mass is 445 g/mol. The van der Waals surface area contributed by atoms with Crippen molar-refractivity contribution in [3.8, 4) is 0 Å². The van der Waals surface area contributed by atoms with E-state index in [9.17, 15) is 14.7 Å². The van der Waals surface area contributed by atoms with Gasteiger partial charge in [-0.1, -0.05) is 30.3 Å². The van der Waals surface area contributed by atoms with E-state index in [-0.39, 0.29) is 43.2 Å². The van der Waals surface area contributed by atoms with Crippen LogP contribution in [0, 0.1) is 0 Å². The summed E-state index contributed by atoms with van der Waals surface area (Å²) in [6, 6.07) is 9.50. The summed E-state index contributed by atoms with van der Waals surface area (Å²) in [7, 11) is 2.07. The van der Waals surface area contributed by atoms with Crippen molar-refractivity contribution in [3.05, 3.63) is 35.9 Å². The Morgan fingerprint density at radius 1 is 1.03 bits per heavy atom. The Labute approximate surface area is 190 Å². The lowest BCUT2D eigenvalue weighted by molar-refractivity contribution is -0.170. The lowest BCUT2D eigenvalue weighted by Crippen LogP contribution is -2.58. The molecule has 8 heteroatoms. The Hall–Kier alpha value is -2.00. The number of hydrogen-bond donors (Lipinski definition) is 1. The highest BCUT2D eigenvalue weighted by atomic mass is 16.5. The van der Waals surface area contributed by atoms with Crippen LogP contribution >= 0.6 is 0 Å². The van der Waals surface area contributed by atoms with Crippen LogP contribution in [0.5, 0.6) is 0 Å². The van der Waals surface area contributed by atoms with E-state index in [4.69, 9.17) is 9.47 Å². The molecule has 8 nitrogen and oxygen atoms in total. The number of β-amino-alcohol motifs (C(OH)–C–C–N with tert-alkyl or cyclic N) is 1. The Morgan fingerprint density at radius 2 is 1.78 bits per heavy atom. The fourth-order valence-corrected chi connectivity index (χ4v) is 4.88. The smallest absolute Gasteiger partial charge is 0.227 e. The van der Waals surface area contributed by atoms with E-state index in [0.29, 0.717) is 25.9 Å². The number of likely N-dealkylation sites (N-methyl/N-ethyl adjacent to an activating group) is 1. The molecule has 4 atom stereocenters. The molecular formula is C24H35N3O5. The maximum absolute atomic E-state index is 13.2. The second kappa shape index (κ2) is 10.7. The molecule has 3 aliphatic heterocycles. The molecule has 0 unspecified atom stereocenters. The number of amides is 2. The lowest BCUT2D eigenvalue weighted by atomic mass is 9.94. The van der Waals surface area contributed by atoms with Gasteiger partial charge in [0.15, 0.2) is 0 Å². The van der Waals surface area contributed by atoms with Gasteiger partial charge in [0.05, 0.1) is 44.3 Å². The minimum Gasteiger partial charge on any atom is -0.389 e. The van der Waals surface area contributed by atoms with Crippen LogP contribution in [-0.2, 0) is 25.5 Å². The number of fused-ring (bicyclic) bond motifs is 1. The highest BCUT2D eigenvalue weighted by Gasteiger charge is 2.40. The predicted octanol–water partition coefficient (Wildman–Crippen LogP) is 0.529. The van der Waals surface area contributed by atoms with Crippen LogP contribution in [0.1, 0.15) is 24.8 Å². The van der Waals surface area contributed by atoms with Crippen molar-refractivity contribution in [2.45, 2.75) is 50.0 Å². The van der Waals surface area contributed by atoms with Crippen molar-refractivity contribution in [3.63, 3.8) is 0 Å². The number of nitrogens with zero attached hydrogens (tertiary/aromatic N) is 3. The zero-order chi connectivity index (χ0) is 22.5. The molecular weight excluding hydrogens is 410 g/mol. The molecule has 1 aromatic carbocycles. The number of aliphatic hydroxyl groups is 1. The normalized spacial score (nSPS) is 29.7. The van der Waals surface area contributed by atoms with Crippen LogP contribution in [0.2, 0.25) is 0 Å². The van der Waals surface area contributed by atoms with Crippen molar-refractivity contribution in [2.24, 2.45) is 0 Å². The number of piperazine rings is 1. The van der Waals surface area contributed by atoms with Gasteiger partial charge in [0.2, 0.25) is 11.8 Å². The zero-order valence-electron chi connectivity index (χ0n) is 18.9. The number of ether oxygens (including phenoxy) is 2. The average molecular weight is 446 g/mol. The van der Waals surface area contributed by atoms with Crippen molar-refractivity contribution in [2.75, 3.05) is 53.0 Å². The van der Waals surface area contributed by atoms with Crippen molar-refractivity contribution in [1.82, 2.24) is 14.7 Å². The molecule has 0 aromatic heterocycles. The molecule has 3 saturated heterocycles. The van der Waals surface area contributed by atoms with E-state index >= 15 is 0 Å². The van der Waals surface area contributed by atoms with Crippen LogP contribution in [0.15, 0.2) is 30.3 Å². The second-order valence-electron chi connectivity index (χ2n) is 9.23. The van der Waals surface area contributed by atoms with Gasteiger partial charge in [-0.25, -0.2) is 0 Å². The van der Waals surface area contributed by atoms with E-state index in [1.807, 2.05) is 35.2 Å². The number of carbonyl (C=O) groups is 2. The molecule has 0 spiro atoms. The molecule has 0 saturated carbocycles. The fourth-order valence-electron chi connectivity index (χ4n) is 4.88. The van der Waals surface area contributed by atoms with E-state index in [0.717, 1.165) is 38.2 Å². The van der Waals surface area contributed by atoms with Crippen LogP contribution in [0.4, 0.5) is 0 Å². The first-order valence-electron chi connectivity index (χ1n) is 11.7. The summed E-state index contributed by atoms with van der Waals surface area (Å²) in [5.41, 5.74) is 0.953. The Kier molecular flexibility index (Phi) is 7.78. The van der Waals surface area contributed by atoms with Crippen LogP contribution in [0.25, 0.3) is 0 Å². The SMILES string of the molecule is CN1CCN(C(=O)C[C@H]2CC[C@@H]3[C@H](COC[C@H](O)CN3C(=O)Cc3ccccc3)O2)CC1. The number of benzene rings is 1. The molecule has 1 aromatic rings. The van der Waals surface area contributed by atoms with Crippen molar-refractivity contribution < 1.29 is 24.2 Å². The number of aliphatic hydroxyl groups excluding tert-OH is 1. The van der Waals surface area contributed by atoms with E-state index in [1.54, 1.807) is 4.90 Å². The van der Waals surface area contributed by atoms with E-state index in [1.165, 1.54) is 0 Å². The summed E-state index contributed by atoms with van der Waals surface area (Å²) in [5.74, 6) is 0.128. The molecule has 32 heavy (non-hydrogen) atoms. The molecule has 3 aliphatic rings. The second-order valence-corrected chi connectivity index (χ2v) is 9.23. The summed E-state index contributed by atoms with van der Waals surface area (Å²) in [4.78, 5) is 31.9. The van der Waals surface area contributed by atoms with Crippen LogP contribution < -0.4 is 0 Å². The predicted molar refractivity (Wildman–Crippen MR) is 119 cm³/mol. The highest BCUT2D eigenvalue weighted by molar-refractivity contribution is 5.79. The fraction of sp³-hybridized carbons (Fsp3) is 0.667. The maximum Gasteiger partial charge on any atom is 0.227 e. The summed E-state index contributed by atoms with van der Waals surface area (Å²) in [6.45, 7) is 4.05. The third-order valence-corrected chi connectivity index (χ3v) is 6.76. The summed E-state index contributed by atoms with van der Waals surface area (Å²) < 4.78 is 12.0. The van der Waals surface area contributed by atoms with Gasteiger partial charge in [-0.3, -0.25) is 9.59 Å². The maximum atomic E-state index is 13.2. The van der Waals surface area contributed by atoms with Crippen LogP contribution in [-0.4, -0.2) is 109 Å². The van der Waals surface area contributed by atoms with Crippen LogP contribution in [0.3, 0.4) is 0 Å². The summed E-state index contributed by atoms with van der Waals surface area (Å²) >= 11 is 0. The molecule has 2 amide bonds. The third kappa shape index (κ3) is 5.86. The van der Waals surface area contributed by atoms with E-state index < -0.39 is 6.10 Å². The van der Waals surface area contributed by atoms with Gasteiger partial charge in [-0.2, -0.15) is 0 Å². The minimum atomic E-state index is -0.716. The zero-order valence-corrected chi connectivity index (χ0v) is 18.9. The topological polar surface area (TPSA) is 82.6 Å². The molecule has 0 radical (unpaired) electrons. The molecule has 0 bridgehead atoms. The largest absolute Gasteiger partial charge is 0.389 e. The molecule has 3 fully saturated rings. The highest BCUT2D eigenvalue weighted by Crippen LogP contribution is 2.28. The van der Waals surface area contributed by atoms with Gasteiger partial charge in [0.25, 0.3) is 0 Å². The van der Waals surface area contributed by atoms with Gasteiger partial charge < -0.3 is 29.3 Å². The first-order chi connectivity index (χ1) is 15.5.